The van der Waals surface area contributed by atoms with Gasteiger partial charge >= 0.3 is 0 Å². The first-order chi connectivity index (χ1) is 11.7. The third-order valence-corrected chi connectivity index (χ3v) is 5.04. The molecule has 6 nitrogen and oxygen atoms in total. The van der Waals surface area contributed by atoms with Crippen LogP contribution in [0.3, 0.4) is 0 Å². The van der Waals surface area contributed by atoms with E-state index in [1.165, 1.54) is 17.3 Å². The maximum Gasteiger partial charge on any atom is 0.240 e. The number of fused-ring (bicyclic) bond motifs is 1. The lowest BCUT2D eigenvalue weighted by Crippen LogP contribution is -2.31. The summed E-state index contributed by atoms with van der Waals surface area (Å²) >= 11 is 1.26. The number of hydrogen-bond donors (Lipinski definition) is 2. The number of carbonyl (C=O) groups is 2. The SMILES string of the molecule is CCNC(=O)C[C@H]1S/C(=N/N=C2/CCCc3ccccc32)NC1=O. The quantitative estimate of drug-likeness (QED) is 0.818. The molecule has 126 valence electrons. The zero-order valence-corrected chi connectivity index (χ0v) is 14.4. The van der Waals surface area contributed by atoms with Crippen molar-refractivity contribution in [1.29, 1.82) is 0 Å². The van der Waals surface area contributed by atoms with E-state index < -0.39 is 5.25 Å². The second-order valence-electron chi connectivity index (χ2n) is 5.72. The van der Waals surface area contributed by atoms with Gasteiger partial charge in [-0.25, -0.2) is 0 Å². The molecule has 3 rings (SSSR count). The lowest BCUT2D eigenvalue weighted by molar-refractivity contribution is -0.125. The second kappa shape index (κ2) is 7.61. The normalized spacial score (nSPS) is 23.2. The van der Waals surface area contributed by atoms with Crippen LogP contribution in [0.5, 0.6) is 0 Å². The molecule has 1 heterocycles. The highest BCUT2D eigenvalue weighted by molar-refractivity contribution is 8.15. The summed E-state index contributed by atoms with van der Waals surface area (Å²) in [6.07, 6.45) is 3.16. The van der Waals surface area contributed by atoms with E-state index in [-0.39, 0.29) is 18.2 Å². The van der Waals surface area contributed by atoms with Gasteiger partial charge in [-0.05, 0) is 31.7 Å². The standard InChI is InChI=1S/C17H20N4O2S/c1-2-18-15(22)10-14-16(23)19-17(24-14)21-20-13-9-5-7-11-6-3-4-8-12(11)13/h3-4,6,8,14H,2,5,7,9-10H2,1H3,(H,18,22)(H,19,21,23)/b20-13-/t14-/m1/s1. The topological polar surface area (TPSA) is 82.9 Å². The molecule has 1 aromatic carbocycles. The summed E-state index contributed by atoms with van der Waals surface area (Å²) in [6.45, 7) is 2.41. The van der Waals surface area contributed by atoms with Gasteiger partial charge < -0.3 is 10.6 Å². The molecular weight excluding hydrogens is 324 g/mol. The molecule has 1 aromatic rings. The second-order valence-corrected chi connectivity index (χ2v) is 6.91. The minimum Gasteiger partial charge on any atom is -0.356 e. The zero-order valence-electron chi connectivity index (χ0n) is 13.5. The number of nitrogens with one attached hydrogen (secondary N) is 2. The molecule has 7 heteroatoms. The van der Waals surface area contributed by atoms with Crippen LogP contribution in [0.15, 0.2) is 34.5 Å². The summed E-state index contributed by atoms with van der Waals surface area (Å²) in [5.74, 6) is -0.312. The first kappa shape index (κ1) is 16.7. The van der Waals surface area contributed by atoms with Gasteiger partial charge in [0.1, 0.15) is 5.25 Å². The molecule has 2 amide bonds. The third-order valence-electron chi connectivity index (χ3n) is 3.97. The maximum absolute atomic E-state index is 11.9. The Hall–Kier alpha value is -2.15. The van der Waals surface area contributed by atoms with Gasteiger partial charge in [0.15, 0.2) is 5.17 Å². The lowest BCUT2D eigenvalue weighted by atomic mass is 9.90. The average molecular weight is 344 g/mol. The Morgan fingerprint density at radius 1 is 1.33 bits per heavy atom. The Labute approximate surface area is 145 Å². The van der Waals surface area contributed by atoms with E-state index in [4.69, 9.17) is 0 Å². The Morgan fingerprint density at radius 2 is 2.17 bits per heavy atom. The molecule has 1 aliphatic heterocycles. The lowest BCUT2D eigenvalue weighted by Gasteiger charge is -2.16. The molecule has 0 saturated carbocycles. The van der Waals surface area contributed by atoms with Gasteiger partial charge in [-0.2, -0.15) is 5.10 Å². The number of nitrogens with zero attached hydrogens (tertiary/aromatic N) is 2. The van der Waals surface area contributed by atoms with Gasteiger partial charge in [0.05, 0.1) is 5.71 Å². The molecule has 0 radical (unpaired) electrons. The summed E-state index contributed by atoms with van der Waals surface area (Å²) in [5.41, 5.74) is 3.38. The van der Waals surface area contributed by atoms with Crippen molar-refractivity contribution in [2.45, 2.75) is 37.9 Å². The van der Waals surface area contributed by atoms with Gasteiger partial charge in [-0.15, -0.1) is 5.10 Å². The van der Waals surface area contributed by atoms with Crippen molar-refractivity contribution in [1.82, 2.24) is 10.6 Å². The van der Waals surface area contributed by atoms with E-state index in [0.29, 0.717) is 11.7 Å². The van der Waals surface area contributed by atoms with Crippen molar-refractivity contribution in [2.75, 3.05) is 6.54 Å². The van der Waals surface area contributed by atoms with Crippen LogP contribution in [-0.2, 0) is 16.0 Å². The number of benzene rings is 1. The highest BCUT2D eigenvalue weighted by Crippen LogP contribution is 2.24. The molecule has 24 heavy (non-hydrogen) atoms. The number of amides is 2. The van der Waals surface area contributed by atoms with Crippen LogP contribution in [0, 0.1) is 0 Å². The summed E-state index contributed by atoms with van der Waals surface area (Å²) in [6, 6.07) is 8.21. The van der Waals surface area contributed by atoms with Crippen LogP contribution in [0.2, 0.25) is 0 Å². The smallest absolute Gasteiger partial charge is 0.240 e. The molecule has 0 bridgehead atoms. The van der Waals surface area contributed by atoms with E-state index in [9.17, 15) is 9.59 Å². The number of carbonyl (C=O) groups excluding carboxylic acids is 2. The monoisotopic (exact) mass is 344 g/mol. The van der Waals surface area contributed by atoms with Crippen LogP contribution in [0.4, 0.5) is 0 Å². The van der Waals surface area contributed by atoms with E-state index in [1.807, 2.05) is 19.1 Å². The number of hydrogen-bond acceptors (Lipinski definition) is 5. The summed E-state index contributed by atoms with van der Waals surface area (Å²) in [4.78, 5) is 23.6. The fourth-order valence-corrected chi connectivity index (χ4v) is 3.75. The molecule has 1 aliphatic carbocycles. The minimum absolute atomic E-state index is 0.126. The van der Waals surface area contributed by atoms with Crippen molar-refractivity contribution < 1.29 is 9.59 Å². The Kier molecular flexibility index (Phi) is 5.30. The van der Waals surface area contributed by atoms with E-state index in [2.05, 4.69) is 33.0 Å². The van der Waals surface area contributed by atoms with E-state index >= 15 is 0 Å². The molecule has 0 spiro atoms. The van der Waals surface area contributed by atoms with Crippen molar-refractivity contribution in [2.24, 2.45) is 10.2 Å². The van der Waals surface area contributed by atoms with Crippen LogP contribution >= 0.6 is 11.8 Å². The Bertz CT molecular complexity index is 714. The molecule has 0 aromatic heterocycles. The molecule has 2 N–H and O–H groups in total. The molecular formula is C17H20N4O2S. The van der Waals surface area contributed by atoms with Gasteiger partial charge in [-0.1, -0.05) is 36.0 Å². The highest BCUT2D eigenvalue weighted by Gasteiger charge is 2.32. The van der Waals surface area contributed by atoms with Crippen molar-refractivity contribution in [3.63, 3.8) is 0 Å². The van der Waals surface area contributed by atoms with E-state index in [1.54, 1.807) is 0 Å². The maximum atomic E-state index is 11.9. The van der Waals surface area contributed by atoms with E-state index in [0.717, 1.165) is 30.5 Å². The average Bonchev–Trinajstić information content (AvgIpc) is 2.93. The third kappa shape index (κ3) is 3.84. The molecule has 2 aliphatic rings. The first-order valence-electron chi connectivity index (χ1n) is 8.14. The Balaban J connectivity index is 1.70. The fourth-order valence-electron chi connectivity index (χ4n) is 2.83. The highest BCUT2D eigenvalue weighted by atomic mass is 32.2. The van der Waals surface area contributed by atoms with Crippen molar-refractivity contribution in [3.8, 4) is 0 Å². The molecule has 0 unspecified atom stereocenters. The fraction of sp³-hybridized carbons (Fsp3) is 0.412. The Morgan fingerprint density at radius 3 is 3.00 bits per heavy atom. The first-order valence-corrected chi connectivity index (χ1v) is 9.02. The van der Waals surface area contributed by atoms with Gasteiger partial charge in [-0.3, -0.25) is 9.59 Å². The number of aryl methyl sites for hydroxylation is 1. The molecule has 1 atom stereocenters. The minimum atomic E-state index is -0.436. The van der Waals surface area contributed by atoms with Crippen LogP contribution in [0.25, 0.3) is 0 Å². The summed E-state index contributed by atoms with van der Waals surface area (Å²) in [5, 5.41) is 14.0. The predicted octanol–water partition coefficient (Wildman–Crippen LogP) is 1.84. The summed E-state index contributed by atoms with van der Waals surface area (Å²) < 4.78 is 0. The van der Waals surface area contributed by atoms with Crippen molar-refractivity contribution >= 4 is 34.5 Å². The number of thioether (sulfide) groups is 1. The van der Waals surface area contributed by atoms with Gasteiger partial charge in [0.25, 0.3) is 0 Å². The number of rotatable bonds is 4. The van der Waals surface area contributed by atoms with Gasteiger partial charge in [0.2, 0.25) is 11.8 Å². The largest absolute Gasteiger partial charge is 0.356 e. The van der Waals surface area contributed by atoms with Gasteiger partial charge in [0, 0.05) is 18.5 Å². The molecule has 1 saturated heterocycles. The molecule has 1 fully saturated rings. The van der Waals surface area contributed by atoms with Crippen LogP contribution in [0.1, 0.15) is 37.3 Å². The predicted molar refractivity (Wildman–Crippen MR) is 96.2 cm³/mol. The van der Waals surface area contributed by atoms with Crippen molar-refractivity contribution in [3.05, 3.63) is 35.4 Å². The zero-order chi connectivity index (χ0) is 16.9. The van der Waals surface area contributed by atoms with Crippen LogP contribution < -0.4 is 10.6 Å². The number of amidine groups is 1. The van der Waals surface area contributed by atoms with Crippen LogP contribution in [-0.4, -0.2) is 34.5 Å². The summed E-state index contributed by atoms with van der Waals surface area (Å²) in [7, 11) is 0.